The normalized spacial score (nSPS) is 20.5. The number of carbonyl (C=O) groups is 1. The SMILES string of the molecule is CC1(c2cc(NC(=O)c3ccccn3)ccc2F)CCOCC(N)=N1. The summed E-state index contributed by atoms with van der Waals surface area (Å²) in [6, 6.07) is 9.45. The highest BCUT2D eigenvalue weighted by atomic mass is 19.1. The summed E-state index contributed by atoms with van der Waals surface area (Å²) in [5, 5.41) is 2.73. The number of nitrogens with one attached hydrogen (secondary N) is 1. The third kappa shape index (κ3) is 3.83. The van der Waals surface area contributed by atoms with Gasteiger partial charge in [-0.25, -0.2) is 4.39 Å². The fourth-order valence-electron chi connectivity index (χ4n) is 2.76. The second-order valence-corrected chi connectivity index (χ2v) is 6.04. The van der Waals surface area contributed by atoms with Gasteiger partial charge < -0.3 is 15.8 Å². The van der Waals surface area contributed by atoms with E-state index >= 15 is 0 Å². The number of hydrogen-bond donors (Lipinski definition) is 2. The zero-order valence-electron chi connectivity index (χ0n) is 13.8. The van der Waals surface area contributed by atoms with Gasteiger partial charge in [0.1, 0.15) is 24.0 Å². The van der Waals surface area contributed by atoms with Gasteiger partial charge in [0, 0.05) is 24.1 Å². The van der Waals surface area contributed by atoms with E-state index in [0.717, 1.165) is 0 Å². The van der Waals surface area contributed by atoms with Crippen molar-refractivity contribution in [2.45, 2.75) is 18.9 Å². The van der Waals surface area contributed by atoms with Crippen LogP contribution in [0.4, 0.5) is 10.1 Å². The Morgan fingerprint density at radius 3 is 2.96 bits per heavy atom. The van der Waals surface area contributed by atoms with Gasteiger partial charge in [-0.3, -0.25) is 14.8 Å². The summed E-state index contributed by atoms with van der Waals surface area (Å²) in [4.78, 5) is 20.7. The van der Waals surface area contributed by atoms with Crippen LogP contribution in [0.1, 0.15) is 29.4 Å². The Kier molecular flexibility index (Phi) is 4.76. The highest BCUT2D eigenvalue weighted by Crippen LogP contribution is 2.34. The van der Waals surface area contributed by atoms with Crippen LogP contribution >= 0.6 is 0 Å². The summed E-state index contributed by atoms with van der Waals surface area (Å²) in [5.74, 6) is -0.449. The van der Waals surface area contributed by atoms with Gasteiger partial charge in [-0.15, -0.1) is 0 Å². The zero-order chi connectivity index (χ0) is 17.9. The monoisotopic (exact) mass is 342 g/mol. The number of ether oxygens (including phenoxy) is 1. The van der Waals surface area contributed by atoms with E-state index in [1.54, 1.807) is 31.2 Å². The fraction of sp³-hybridized carbons (Fsp3) is 0.278. The maximum absolute atomic E-state index is 14.4. The second-order valence-electron chi connectivity index (χ2n) is 6.04. The molecule has 0 saturated heterocycles. The lowest BCUT2D eigenvalue weighted by Crippen LogP contribution is -2.26. The molecule has 0 spiro atoms. The van der Waals surface area contributed by atoms with E-state index in [-0.39, 0.29) is 18.2 Å². The van der Waals surface area contributed by atoms with E-state index in [1.807, 2.05) is 0 Å². The predicted molar refractivity (Wildman–Crippen MR) is 93.0 cm³/mol. The molecule has 130 valence electrons. The van der Waals surface area contributed by atoms with E-state index in [0.29, 0.717) is 30.1 Å². The number of carbonyl (C=O) groups excluding carboxylic acids is 1. The predicted octanol–water partition coefficient (Wildman–Crippen LogP) is 2.47. The van der Waals surface area contributed by atoms with Crippen molar-refractivity contribution in [3.63, 3.8) is 0 Å². The summed E-state index contributed by atoms with van der Waals surface area (Å²) in [6.07, 6.45) is 2.03. The van der Waals surface area contributed by atoms with Gasteiger partial charge in [0.05, 0.1) is 5.54 Å². The van der Waals surface area contributed by atoms with Crippen LogP contribution in [0.25, 0.3) is 0 Å². The topological polar surface area (TPSA) is 89.6 Å². The Morgan fingerprint density at radius 2 is 2.20 bits per heavy atom. The van der Waals surface area contributed by atoms with Crippen molar-refractivity contribution in [1.29, 1.82) is 0 Å². The van der Waals surface area contributed by atoms with Crippen molar-refractivity contribution in [3.8, 4) is 0 Å². The summed E-state index contributed by atoms with van der Waals surface area (Å²) in [5.41, 5.74) is 6.07. The maximum Gasteiger partial charge on any atom is 0.274 e. The first kappa shape index (κ1) is 17.0. The molecule has 1 aliphatic heterocycles. The molecule has 1 aromatic heterocycles. The highest BCUT2D eigenvalue weighted by Gasteiger charge is 2.31. The Balaban J connectivity index is 1.90. The first-order chi connectivity index (χ1) is 12.0. The minimum Gasteiger partial charge on any atom is -0.386 e. The number of aromatic nitrogens is 1. The van der Waals surface area contributed by atoms with Gasteiger partial charge in [0.15, 0.2) is 0 Å². The first-order valence-corrected chi connectivity index (χ1v) is 7.92. The quantitative estimate of drug-likeness (QED) is 0.897. The molecule has 1 amide bonds. The number of anilines is 1. The van der Waals surface area contributed by atoms with Crippen LogP contribution in [-0.4, -0.2) is 29.9 Å². The highest BCUT2D eigenvalue weighted by molar-refractivity contribution is 6.02. The Morgan fingerprint density at radius 1 is 1.36 bits per heavy atom. The zero-order valence-corrected chi connectivity index (χ0v) is 13.8. The van der Waals surface area contributed by atoms with Crippen LogP contribution < -0.4 is 11.1 Å². The van der Waals surface area contributed by atoms with Crippen molar-refractivity contribution >= 4 is 17.4 Å². The Hall–Kier alpha value is -2.80. The molecule has 6 nitrogen and oxygen atoms in total. The third-order valence-corrected chi connectivity index (χ3v) is 4.08. The van der Waals surface area contributed by atoms with Crippen LogP contribution in [0.3, 0.4) is 0 Å². The average molecular weight is 342 g/mol. The summed E-state index contributed by atoms with van der Waals surface area (Å²) >= 11 is 0. The van der Waals surface area contributed by atoms with Crippen LogP contribution in [0.2, 0.25) is 0 Å². The number of amides is 1. The van der Waals surface area contributed by atoms with Crippen molar-refractivity contribution in [2.75, 3.05) is 18.5 Å². The van der Waals surface area contributed by atoms with E-state index in [2.05, 4.69) is 15.3 Å². The number of hydrogen-bond acceptors (Lipinski definition) is 5. The molecular formula is C18H19FN4O2. The molecule has 0 saturated carbocycles. The number of aliphatic imine (C=N–C) groups is 1. The number of rotatable bonds is 3. The van der Waals surface area contributed by atoms with Crippen LogP contribution in [0.5, 0.6) is 0 Å². The maximum atomic E-state index is 14.4. The molecule has 2 aromatic rings. The van der Waals surface area contributed by atoms with E-state index in [4.69, 9.17) is 10.5 Å². The molecule has 0 fully saturated rings. The number of benzene rings is 1. The molecule has 1 unspecified atom stereocenters. The van der Waals surface area contributed by atoms with Crippen molar-refractivity contribution in [3.05, 3.63) is 59.7 Å². The molecule has 3 rings (SSSR count). The summed E-state index contributed by atoms with van der Waals surface area (Å²) < 4.78 is 19.8. The van der Waals surface area contributed by atoms with Crippen molar-refractivity contribution < 1.29 is 13.9 Å². The molecule has 0 bridgehead atoms. The fourth-order valence-corrected chi connectivity index (χ4v) is 2.76. The minimum absolute atomic E-state index is 0.229. The van der Waals surface area contributed by atoms with E-state index in [9.17, 15) is 9.18 Å². The van der Waals surface area contributed by atoms with Gasteiger partial charge in [0.25, 0.3) is 5.91 Å². The Labute approximate surface area is 144 Å². The van der Waals surface area contributed by atoms with Crippen molar-refractivity contribution in [1.82, 2.24) is 4.98 Å². The largest absolute Gasteiger partial charge is 0.386 e. The van der Waals surface area contributed by atoms with Crippen LogP contribution in [-0.2, 0) is 10.3 Å². The van der Waals surface area contributed by atoms with Gasteiger partial charge in [0.2, 0.25) is 0 Å². The molecule has 1 aliphatic rings. The standard InChI is InChI=1S/C18H19FN4O2/c1-18(7-9-25-11-16(20)23-18)13-10-12(5-6-14(13)19)22-17(24)15-4-2-3-8-21-15/h2-6,8,10H,7,9,11H2,1H3,(H2,20,23)(H,22,24). The third-order valence-electron chi connectivity index (χ3n) is 4.08. The van der Waals surface area contributed by atoms with Gasteiger partial charge >= 0.3 is 0 Å². The molecule has 25 heavy (non-hydrogen) atoms. The lowest BCUT2D eigenvalue weighted by Gasteiger charge is -2.25. The minimum atomic E-state index is -0.851. The smallest absolute Gasteiger partial charge is 0.274 e. The Bertz CT molecular complexity index is 810. The second kappa shape index (κ2) is 6.98. The molecular weight excluding hydrogens is 323 g/mol. The number of nitrogens with two attached hydrogens (primary N) is 1. The molecule has 7 heteroatoms. The number of halogens is 1. The van der Waals surface area contributed by atoms with Gasteiger partial charge in [-0.2, -0.15) is 0 Å². The molecule has 0 aliphatic carbocycles. The van der Waals surface area contributed by atoms with E-state index < -0.39 is 11.4 Å². The van der Waals surface area contributed by atoms with Gasteiger partial charge in [-0.1, -0.05) is 6.07 Å². The molecule has 0 radical (unpaired) electrons. The van der Waals surface area contributed by atoms with E-state index in [1.165, 1.54) is 18.3 Å². The van der Waals surface area contributed by atoms with Crippen LogP contribution in [0.15, 0.2) is 47.6 Å². The first-order valence-electron chi connectivity index (χ1n) is 7.92. The molecule has 2 heterocycles. The van der Waals surface area contributed by atoms with Crippen molar-refractivity contribution in [2.24, 2.45) is 10.7 Å². The number of nitrogens with zero attached hydrogens (tertiary/aromatic N) is 2. The lowest BCUT2D eigenvalue weighted by molar-refractivity contribution is 0.102. The molecule has 1 atom stereocenters. The number of amidine groups is 1. The molecule has 3 N–H and O–H groups in total. The van der Waals surface area contributed by atoms with Gasteiger partial charge in [-0.05, 0) is 43.7 Å². The number of pyridine rings is 1. The average Bonchev–Trinajstić information content (AvgIpc) is 2.78. The summed E-state index contributed by atoms with van der Waals surface area (Å²) in [6.45, 7) is 2.45. The summed E-state index contributed by atoms with van der Waals surface area (Å²) in [7, 11) is 0. The lowest BCUT2D eigenvalue weighted by atomic mass is 9.88. The van der Waals surface area contributed by atoms with Crippen LogP contribution in [0, 0.1) is 5.82 Å². The molecule has 1 aromatic carbocycles.